The molecule has 0 amide bonds. The number of para-hydroxylation sites is 1. The third kappa shape index (κ3) is 3.36. The van der Waals surface area contributed by atoms with Crippen LogP contribution in [0.1, 0.15) is 19.2 Å². The second kappa shape index (κ2) is 7.63. The van der Waals surface area contributed by atoms with Gasteiger partial charge in [0.1, 0.15) is 5.52 Å². The van der Waals surface area contributed by atoms with E-state index in [-0.39, 0.29) is 0 Å². The van der Waals surface area contributed by atoms with Gasteiger partial charge in [-0.1, -0.05) is 72.4 Å². The Morgan fingerprint density at radius 3 is 2.66 bits per heavy atom. The van der Waals surface area contributed by atoms with E-state index in [1.54, 1.807) is 0 Å². The SMILES string of the molecule is CCCn1c2ccccc2c2nnc(SCc3nc(-c4ccccc4)no3)nc21. The van der Waals surface area contributed by atoms with Gasteiger partial charge in [-0.2, -0.15) is 4.98 Å². The highest BCUT2D eigenvalue weighted by molar-refractivity contribution is 7.98. The number of benzene rings is 2. The van der Waals surface area contributed by atoms with Crippen molar-refractivity contribution in [3.05, 3.63) is 60.5 Å². The van der Waals surface area contributed by atoms with Crippen LogP contribution in [-0.4, -0.2) is 29.9 Å². The average molecular weight is 402 g/mol. The van der Waals surface area contributed by atoms with Gasteiger partial charge in [-0.15, -0.1) is 10.2 Å². The number of thioether (sulfide) groups is 1. The van der Waals surface area contributed by atoms with Crippen molar-refractivity contribution in [2.75, 3.05) is 0 Å². The van der Waals surface area contributed by atoms with E-state index in [0.29, 0.717) is 22.6 Å². The molecular weight excluding hydrogens is 384 g/mol. The van der Waals surface area contributed by atoms with Crippen molar-refractivity contribution in [2.24, 2.45) is 0 Å². The molecule has 0 aliphatic heterocycles. The molecular formula is C21H18N6OS. The van der Waals surface area contributed by atoms with E-state index >= 15 is 0 Å². The summed E-state index contributed by atoms with van der Waals surface area (Å²) in [7, 11) is 0. The predicted octanol–water partition coefficient (Wildman–Crippen LogP) is 4.73. The van der Waals surface area contributed by atoms with Crippen LogP contribution in [0, 0.1) is 0 Å². The largest absolute Gasteiger partial charge is 0.338 e. The molecule has 0 bridgehead atoms. The van der Waals surface area contributed by atoms with Crippen LogP contribution in [0.5, 0.6) is 0 Å². The molecule has 0 saturated carbocycles. The van der Waals surface area contributed by atoms with Crippen molar-refractivity contribution in [1.29, 1.82) is 0 Å². The van der Waals surface area contributed by atoms with Gasteiger partial charge in [-0.25, -0.2) is 4.98 Å². The Morgan fingerprint density at radius 1 is 0.966 bits per heavy atom. The first kappa shape index (κ1) is 17.8. The van der Waals surface area contributed by atoms with Gasteiger partial charge in [0.15, 0.2) is 5.65 Å². The fourth-order valence-corrected chi connectivity index (χ4v) is 3.96. The molecule has 7 nitrogen and oxygen atoms in total. The van der Waals surface area contributed by atoms with Gasteiger partial charge in [-0.3, -0.25) is 0 Å². The number of rotatable bonds is 6. The van der Waals surface area contributed by atoms with E-state index in [2.05, 4.69) is 44.0 Å². The van der Waals surface area contributed by atoms with Crippen LogP contribution in [0.3, 0.4) is 0 Å². The van der Waals surface area contributed by atoms with E-state index in [0.717, 1.165) is 40.6 Å². The van der Waals surface area contributed by atoms with E-state index in [9.17, 15) is 0 Å². The molecule has 0 fully saturated rings. The second-order valence-corrected chi connectivity index (χ2v) is 7.54. The van der Waals surface area contributed by atoms with Crippen LogP contribution < -0.4 is 0 Å². The first-order chi connectivity index (χ1) is 14.3. The highest BCUT2D eigenvalue weighted by atomic mass is 32.2. The fraction of sp³-hybridized carbons (Fsp3) is 0.190. The van der Waals surface area contributed by atoms with Crippen molar-refractivity contribution in [2.45, 2.75) is 30.8 Å². The number of aromatic nitrogens is 6. The number of aryl methyl sites for hydroxylation is 1. The molecule has 29 heavy (non-hydrogen) atoms. The molecule has 3 heterocycles. The maximum Gasteiger partial charge on any atom is 0.237 e. The van der Waals surface area contributed by atoms with Crippen LogP contribution >= 0.6 is 11.8 Å². The molecule has 0 spiro atoms. The summed E-state index contributed by atoms with van der Waals surface area (Å²) in [4.78, 5) is 9.23. The summed E-state index contributed by atoms with van der Waals surface area (Å²) in [5.41, 5.74) is 3.76. The average Bonchev–Trinajstić information content (AvgIpc) is 3.37. The van der Waals surface area contributed by atoms with Crippen LogP contribution in [0.4, 0.5) is 0 Å². The molecule has 0 radical (unpaired) electrons. The van der Waals surface area contributed by atoms with Gasteiger partial charge in [0.2, 0.25) is 16.9 Å². The summed E-state index contributed by atoms with van der Waals surface area (Å²) >= 11 is 1.44. The third-order valence-corrected chi connectivity index (χ3v) is 5.45. The Bertz CT molecular complexity index is 1280. The van der Waals surface area contributed by atoms with Gasteiger partial charge in [0.05, 0.1) is 11.3 Å². The molecule has 2 aromatic carbocycles. The monoisotopic (exact) mass is 402 g/mol. The Morgan fingerprint density at radius 2 is 1.79 bits per heavy atom. The van der Waals surface area contributed by atoms with Crippen molar-refractivity contribution in [1.82, 2.24) is 29.9 Å². The number of fused-ring (bicyclic) bond motifs is 3. The second-order valence-electron chi connectivity index (χ2n) is 6.60. The lowest BCUT2D eigenvalue weighted by Gasteiger charge is -2.04. The zero-order valence-electron chi connectivity index (χ0n) is 15.8. The Labute approximate surface area is 171 Å². The summed E-state index contributed by atoms with van der Waals surface area (Å²) in [6.45, 7) is 3.04. The maximum absolute atomic E-state index is 5.38. The number of hydrogen-bond donors (Lipinski definition) is 0. The van der Waals surface area contributed by atoms with Crippen molar-refractivity contribution in [3.8, 4) is 11.4 Å². The molecule has 8 heteroatoms. The van der Waals surface area contributed by atoms with Gasteiger partial charge in [-0.05, 0) is 12.5 Å². The zero-order valence-corrected chi connectivity index (χ0v) is 16.6. The maximum atomic E-state index is 5.38. The lowest BCUT2D eigenvalue weighted by molar-refractivity contribution is 0.391. The molecule has 0 aliphatic carbocycles. The molecule has 0 N–H and O–H groups in total. The Kier molecular flexibility index (Phi) is 4.69. The molecule has 144 valence electrons. The summed E-state index contributed by atoms with van der Waals surface area (Å²) in [5.74, 6) is 1.60. The van der Waals surface area contributed by atoms with Gasteiger partial charge in [0, 0.05) is 17.5 Å². The first-order valence-corrected chi connectivity index (χ1v) is 10.4. The minimum atomic E-state index is 0.487. The lowest BCUT2D eigenvalue weighted by Crippen LogP contribution is -2.00. The lowest BCUT2D eigenvalue weighted by atomic mass is 10.2. The van der Waals surface area contributed by atoms with Crippen molar-refractivity contribution >= 4 is 33.8 Å². The Balaban J connectivity index is 1.42. The van der Waals surface area contributed by atoms with E-state index in [4.69, 9.17) is 9.51 Å². The van der Waals surface area contributed by atoms with Gasteiger partial charge >= 0.3 is 0 Å². The smallest absolute Gasteiger partial charge is 0.237 e. The number of nitrogens with zero attached hydrogens (tertiary/aromatic N) is 6. The van der Waals surface area contributed by atoms with E-state index in [1.807, 2.05) is 42.5 Å². The highest BCUT2D eigenvalue weighted by Gasteiger charge is 2.15. The molecule has 3 aromatic heterocycles. The van der Waals surface area contributed by atoms with Crippen LogP contribution in [0.15, 0.2) is 64.3 Å². The zero-order chi connectivity index (χ0) is 19.6. The highest BCUT2D eigenvalue weighted by Crippen LogP contribution is 2.28. The van der Waals surface area contributed by atoms with Crippen LogP contribution in [0.25, 0.3) is 33.5 Å². The van der Waals surface area contributed by atoms with E-state index in [1.165, 1.54) is 11.8 Å². The summed E-state index contributed by atoms with van der Waals surface area (Å²) < 4.78 is 7.59. The fourth-order valence-electron chi connectivity index (χ4n) is 3.34. The van der Waals surface area contributed by atoms with Gasteiger partial charge < -0.3 is 9.09 Å². The molecule has 0 saturated heterocycles. The normalized spacial score (nSPS) is 11.5. The predicted molar refractivity (Wildman–Crippen MR) is 112 cm³/mol. The van der Waals surface area contributed by atoms with Crippen molar-refractivity contribution in [3.63, 3.8) is 0 Å². The molecule has 5 aromatic rings. The quantitative estimate of drug-likeness (QED) is 0.380. The van der Waals surface area contributed by atoms with Gasteiger partial charge in [0.25, 0.3) is 0 Å². The summed E-state index contributed by atoms with van der Waals surface area (Å²) in [6, 6.07) is 18.0. The van der Waals surface area contributed by atoms with Crippen LogP contribution in [0.2, 0.25) is 0 Å². The molecule has 0 aliphatic rings. The molecule has 0 atom stereocenters. The Hall–Kier alpha value is -3.26. The minimum absolute atomic E-state index is 0.487. The van der Waals surface area contributed by atoms with Crippen molar-refractivity contribution < 1.29 is 4.52 Å². The third-order valence-electron chi connectivity index (χ3n) is 4.63. The van der Waals surface area contributed by atoms with Crippen LogP contribution in [-0.2, 0) is 12.3 Å². The summed E-state index contributed by atoms with van der Waals surface area (Å²) in [5, 5.41) is 14.5. The van der Waals surface area contributed by atoms with E-state index < -0.39 is 0 Å². The molecule has 5 rings (SSSR count). The summed E-state index contributed by atoms with van der Waals surface area (Å²) in [6.07, 6.45) is 1.02. The number of hydrogen-bond acceptors (Lipinski definition) is 7. The first-order valence-electron chi connectivity index (χ1n) is 9.46. The minimum Gasteiger partial charge on any atom is -0.338 e. The standard InChI is InChI=1S/C21H18N6OS/c1-2-12-27-16-11-7-6-10-15(16)18-20(27)23-21(25-24-18)29-13-17-22-19(26-28-17)14-8-4-3-5-9-14/h3-11H,2,12-13H2,1H3. The molecule has 0 unspecified atom stereocenters. The topological polar surface area (TPSA) is 82.5 Å².